The first-order valence-electron chi connectivity index (χ1n) is 7.23. The lowest BCUT2D eigenvalue weighted by atomic mass is 9.93. The molecule has 0 aliphatic carbocycles. The van der Waals surface area contributed by atoms with Crippen LogP contribution in [0.3, 0.4) is 0 Å². The predicted octanol–water partition coefficient (Wildman–Crippen LogP) is 2.02. The van der Waals surface area contributed by atoms with Crippen molar-refractivity contribution in [3.05, 3.63) is 0 Å². The maximum Gasteiger partial charge on any atom is 0.407 e. The third-order valence-electron chi connectivity index (χ3n) is 3.18. The van der Waals surface area contributed by atoms with Crippen LogP contribution in [0.15, 0.2) is 0 Å². The second kappa shape index (κ2) is 6.38. The summed E-state index contributed by atoms with van der Waals surface area (Å²) in [6, 6.07) is 0. The van der Waals surface area contributed by atoms with Crippen LogP contribution in [0.1, 0.15) is 41.0 Å². The van der Waals surface area contributed by atoms with Gasteiger partial charge in [-0.3, -0.25) is 4.79 Å². The van der Waals surface area contributed by atoms with E-state index >= 15 is 0 Å². The first-order valence-corrected chi connectivity index (χ1v) is 7.23. The molecule has 21 heavy (non-hydrogen) atoms. The summed E-state index contributed by atoms with van der Waals surface area (Å²) >= 11 is 0. The van der Waals surface area contributed by atoms with Gasteiger partial charge in [0.25, 0.3) is 0 Å². The zero-order valence-electron chi connectivity index (χ0n) is 13.7. The molecule has 1 unspecified atom stereocenters. The first-order chi connectivity index (χ1) is 9.52. The van der Waals surface area contributed by atoms with E-state index in [0.717, 1.165) is 0 Å². The van der Waals surface area contributed by atoms with Crippen molar-refractivity contribution in [3.63, 3.8) is 0 Å². The standard InChI is InChI=1S/C16H26N2O3/c1-7-12-8-13(19)18(9-12)11-16(5,6)10-17-14(20)21-15(2,3)4/h1,12H,8-11H2,2-6H3,(H,17,20). The summed E-state index contributed by atoms with van der Waals surface area (Å²) in [5, 5.41) is 2.75. The molecule has 0 aromatic heterocycles. The minimum absolute atomic E-state index is 0.00659. The van der Waals surface area contributed by atoms with Crippen LogP contribution < -0.4 is 5.32 Å². The van der Waals surface area contributed by atoms with Crippen LogP contribution in [0.4, 0.5) is 4.79 Å². The molecule has 1 aliphatic rings. The molecule has 1 heterocycles. The van der Waals surface area contributed by atoms with Crippen molar-refractivity contribution in [2.45, 2.75) is 46.6 Å². The van der Waals surface area contributed by atoms with Crippen LogP contribution in [-0.2, 0) is 9.53 Å². The molecule has 0 radical (unpaired) electrons. The average molecular weight is 294 g/mol. The molecule has 5 nitrogen and oxygen atoms in total. The summed E-state index contributed by atoms with van der Waals surface area (Å²) in [6.45, 7) is 11.1. The lowest BCUT2D eigenvalue weighted by Crippen LogP contribution is -2.44. The SMILES string of the molecule is C#CC1CC(=O)N(CC(C)(C)CNC(=O)OC(C)(C)C)C1. The Labute approximate surface area is 127 Å². The number of alkyl carbamates (subject to hydrolysis) is 1. The molecule has 1 fully saturated rings. The fraction of sp³-hybridized carbons (Fsp3) is 0.750. The van der Waals surface area contributed by atoms with Gasteiger partial charge in [0, 0.05) is 32.0 Å². The molecule has 1 N–H and O–H groups in total. The summed E-state index contributed by atoms with van der Waals surface area (Å²) in [5.41, 5.74) is -0.755. The molecule has 1 saturated heterocycles. The second-order valence-electron chi connectivity index (χ2n) is 7.36. The van der Waals surface area contributed by atoms with Gasteiger partial charge in [0.05, 0.1) is 0 Å². The molecule has 5 heteroatoms. The minimum atomic E-state index is -0.515. The van der Waals surface area contributed by atoms with E-state index < -0.39 is 11.7 Å². The van der Waals surface area contributed by atoms with Crippen molar-refractivity contribution in [1.29, 1.82) is 0 Å². The van der Waals surface area contributed by atoms with Gasteiger partial charge in [0.15, 0.2) is 0 Å². The number of terminal acetylenes is 1. The van der Waals surface area contributed by atoms with Crippen LogP contribution >= 0.6 is 0 Å². The number of hydrogen-bond acceptors (Lipinski definition) is 3. The summed E-state index contributed by atoms with van der Waals surface area (Å²) in [6.07, 6.45) is 5.36. The Balaban J connectivity index is 2.46. The van der Waals surface area contributed by atoms with E-state index in [9.17, 15) is 9.59 Å². The van der Waals surface area contributed by atoms with E-state index in [1.54, 1.807) is 4.90 Å². The molecule has 0 spiro atoms. The van der Waals surface area contributed by atoms with Gasteiger partial charge in [-0.15, -0.1) is 12.3 Å². The van der Waals surface area contributed by atoms with Crippen LogP contribution in [0, 0.1) is 23.7 Å². The predicted molar refractivity (Wildman–Crippen MR) is 81.5 cm³/mol. The maximum atomic E-state index is 11.9. The summed E-state index contributed by atoms with van der Waals surface area (Å²) in [7, 11) is 0. The van der Waals surface area contributed by atoms with Gasteiger partial charge in [0.2, 0.25) is 5.91 Å². The zero-order valence-corrected chi connectivity index (χ0v) is 13.7. The van der Waals surface area contributed by atoms with Crippen LogP contribution in [0.2, 0.25) is 0 Å². The van der Waals surface area contributed by atoms with E-state index in [2.05, 4.69) is 11.2 Å². The van der Waals surface area contributed by atoms with Gasteiger partial charge in [-0.2, -0.15) is 0 Å². The number of carbonyl (C=O) groups is 2. The van der Waals surface area contributed by atoms with Crippen LogP contribution in [-0.4, -0.2) is 42.1 Å². The molecule has 0 aromatic carbocycles. The molecular formula is C16H26N2O3. The van der Waals surface area contributed by atoms with E-state index in [-0.39, 0.29) is 17.2 Å². The zero-order chi connectivity index (χ0) is 16.3. The van der Waals surface area contributed by atoms with Crippen LogP contribution in [0.25, 0.3) is 0 Å². The van der Waals surface area contributed by atoms with Gasteiger partial charge in [0.1, 0.15) is 5.60 Å². The largest absolute Gasteiger partial charge is 0.444 e. The van der Waals surface area contributed by atoms with Crippen molar-refractivity contribution in [2.24, 2.45) is 11.3 Å². The minimum Gasteiger partial charge on any atom is -0.444 e. The number of amides is 2. The van der Waals surface area contributed by atoms with Gasteiger partial charge in [-0.05, 0) is 26.2 Å². The third kappa shape index (κ3) is 6.07. The molecule has 1 aliphatic heterocycles. The lowest BCUT2D eigenvalue weighted by Gasteiger charge is -2.31. The molecule has 1 rings (SSSR count). The Bertz CT molecular complexity index is 443. The van der Waals surface area contributed by atoms with Gasteiger partial charge >= 0.3 is 6.09 Å². The Kier molecular flexibility index (Phi) is 5.27. The monoisotopic (exact) mass is 294 g/mol. The van der Waals surface area contributed by atoms with E-state index in [0.29, 0.717) is 26.1 Å². The molecule has 0 aromatic rings. The van der Waals surface area contributed by atoms with Gasteiger partial charge < -0.3 is 15.0 Å². The number of likely N-dealkylation sites (tertiary alicyclic amines) is 1. The van der Waals surface area contributed by atoms with Gasteiger partial charge in [-0.25, -0.2) is 4.79 Å². The molecular weight excluding hydrogens is 268 g/mol. The highest BCUT2D eigenvalue weighted by Gasteiger charge is 2.33. The molecule has 0 saturated carbocycles. The topological polar surface area (TPSA) is 58.6 Å². The Morgan fingerprint density at radius 3 is 2.52 bits per heavy atom. The smallest absolute Gasteiger partial charge is 0.407 e. The highest BCUT2D eigenvalue weighted by atomic mass is 16.6. The van der Waals surface area contributed by atoms with Crippen molar-refractivity contribution >= 4 is 12.0 Å². The molecule has 0 bridgehead atoms. The van der Waals surface area contributed by atoms with Gasteiger partial charge in [-0.1, -0.05) is 13.8 Å². The number of carbonyl (C=O) groups excluding carboxylic acids is 2. The highest BCUT2D eigenvalue weighted by molar-refractivity contribution is 5.79. The summed E-state index contributed by atoms with van der Waals surface area (Å²) in [5.74, 6) is 2.73. The second-order valence-corrected chi connectivity index (χ2v) is 7.36. The molecule has 2 amide bonds. The average Bonchev–Trinajstić information content (AvgIpc) is 2.65. The molecule has 118 valence electrons. The molecule has 1 atom stereocenters. The normalized spacial score (nSPS) is 19.3. The Hall–Kier alpha value is -1.70. The fourth-order valence-electron chi connectivity index (χ4n) is 2.23. The van der Waals surface area contributed by atoms with Crippen molar-refractivity contribution in [3.8, 4) is 12.3 Å². The number of rotatable bonds is 4. The summed E-state index contributed by atoms with van der Waals surface area (Å²) in [4.78, 5) is 25.3. The van der Waals surface area contributed by atoms with Crippen molar-refractivity contribution < 1.29 is 14.3 Å². The number of ether oxygens (including phenoxy) is 1. The Morgan fingerprint density at radius 1 is 1.43 bits per heavy atom. The lowest BCUT2D eigenvalue weighted by molar-refractivity contribution is -0.128. The van der Waals surface area contributed by atoms with Crippen LogP contribution in [0.5, 0.6) is 0 Å². The maximum absolute atomic E-state index is 11.9. The Morgan fingerprint density at radius 2 is 2.05 bits per heavy atom. The van der Waals surface area contributed by atoms with Crippen molar-refractivity contribution in [2.75, 3.05) is 19.6 Å². The first kappa shape index (κ1) is 17.4. The quantitative estimate of drug-likeness (QED) is 0.807. The van der Waals surface area contributed by atoms with E-state index in [4.69, 9.17) is 11.2 Å². The number of hydrogen-bond donors (Lipinski definition) is 1. The van der Waals surface area contributed by atoms with E-state index in [1.807, 2.05) is 34.6 Å². The third-order valence-corrected chi connectivity index (χ3v) is 3.18. The fourth-order valence-corrected chi connectivity index (χ4v) is 2.23. The summed E-state index contributed by atoms with van der Waals surface area (Å²) < 4.78 is 5.20. The number of nitrogens with zero attached hydrogens (tertiary/aromatic N) is 1. The van der Waals surface area contributed by atoms with Crippen molar-refractivity contribution in [1.82, 2.24) is 10.2 Å². The number of nitrogens with one attached hydrogen (secondary N) is 1. The van der Waals surface area contributed by atoms with E-state index in [1.165, 1.54) is 0 Å². The highest BCUT2D eigenvalue weighted by Crippen LogP contribution is 2.23.